The maximum absolute atomic E-state index is 14.0. The lowest BCUT2D eigenvalue weighted by Crippen LogP contribution is -1.86. The Morgan fingerprint density at radius 3 is 2.48 bits per heavy atom. The summed E-state index contributed by atoms with van der Waals surface area (Å²) in [5.74, 6) is -0.110. The van der Waals surface area contributed by atoms with Crippen LogP contribution in [0, 0.1) is 6.92 Å². The Morgan fingerprint density at radius 2 is 1.87 bits per heavy atom. The summed E-state index contributed by atoms with van der Waals surface area (Å²) in [6.45, 7) is 11.8. The molecule has 23 heavy (non-hydrogen) atoms. The van der Waals surface area contributed by atoms with Crippen molar-refractivity contribution in [3.8, 4) is 0 Å². The second kappa shape index (κ2) is 10.6. The number of aryl methyl sites for hydroxylation is 1. The molecule has 122 valence electrons. The topological polar surface area (TPSA) is 0 Å². The molecule has 1 aromatic carbocycles. The Morgan fingerprint density at radius 1 is 1.17 bits per heavy atom. The normalized spacial score (nSPS) is 12.7. The number of hydrogen-bond donors (Lipinski definition) is 0. The summed E-state index contributed by atoms with van der Waals surface area (Å²) >= 11 is 0. The third kappa shape index (κ3) is 8.15. The van der Waals surface area contributed by atoms with Crippen LogP contribution in [-0.4, -0.2) is 0 Å². The lowest BCUT2D eigenvalue weighted by molar-refractivity contribution is 0.607. The van der Waals surface area contributed by atoms with Crippen LogP contribution in [0.4, 0.5) is 4.39 Å². The van der Waals surface area contributed by atoms with Crippen molar-refractivity contribution in [2.45, 2.75) is 39.5 Å². The first kappa shape index (κ1) is 18.9. The van der Waals surface area contributed by atoms with Gasteiger partial charge in [-0.2, -0.15) is 0 Å². The van der Waals surface area contributed by atoms with Gasteiger partial charge in [-0.1, -0.05) is 71.9 Å². The zero-order chi connectivity index (χ0) is 17.1. The van der Waals surface area contributed by atoms with Gasteiger partial charge in [0.05, 0.1) is 0 Å². The zero-order valence-corrected chi connectivity index (χ0v) is 14.3. The number of hydrogen-bond acceptors (Lipinski definition) is 0. The van der Waals surface area contributed by atoms with E-state index in [1.54, 1.807) is 6.08 Å². The molecule has 0 aliphatic rings. The highest BCUT2D eigenvalue weighted by atomic mass is 19.1. The highest BCUT2D eigenvalue weighted by Gasteiger charge is 1.99. The largest absolute Gasteiger partial charge is 0.212 e. The lowest BCUT2D eigenvalue weighted by Gasteiger charge is -2.01. The van der Waals surface area contributed by atoms with Crippen molar-refractivity contribution in [2.75, 3.05) is 0 Å². The van der Waals surface area contributed by atoms with Gasteiger partial charge in [-0.15, -0.1) is 6.58 Å². The summed E-state index contributed by atoms with van der Waals surface area (Å²) in [6.07, 6.45) is 12.4. The van der Waals surface area contributed by atoms with Crippen LogP contribution < -0.4 is 0 Å². The minimum absolute atomic E-state index is 0.110. The van der Waals surface area contributed by atoms with E-state index in [0.29, 0.717) is 12.8 Å². The van der Waals surface area contributed by atoms with Gasteiger partial charge in [-0.25, -0.2) is 4.39 Å². The van der Waals surface area contributed by atoms with Gasteiger partial charge >= 0.3 is 0 Å². The van der Waals surface area contributed by atoms with Crippen molar-refractivity contribution in [1.29, 1.82) is 0 Å². The predicted molar refractivity (Wildman–Crippen MR) is 100 cm³/mol. The van der Waals surface area contributed by atoms with Crippen molar-refractivity contribution in [2.24, 2.45) is 0 Å². The predicted octanol–water partition coefficient (Wildman–Crippen LogP) is 6.81. The third-order valence-electron chi connectivity index (χ3n) is 3.62. The molecular formula is C22H27F. The van der Waals surface area contributed by atoms with Gasteiger partial charge in [-0.05, 0) is 44.7 Å². The number of allylic oxidation sites excluding steroid dienone is 8. The van der Waals surface area contributed by atoms with Gasteiger partial charge in [0.2, 0.25) is 0 Å². The fourth-order valence-corrected chi connectivity index (χ4v) is 2.10. The smallest absolute Gasteiger partial charge is 0.101 e. The van der Waals surface area contributed by atoms with Gasteiger partial charge in [-0.3, -0.25) is 0 Å². The summed E-state index contributed by atoms with van der Waals surface area (Å²) in [5.41, 5.74) is 4.33. The van der Waals surface area contributed by atoms with Crippen LogP contribution in [0.25, 0.3) is 0 Å². The first-order valence-corrected chi connectivity index (χ1v) is 8.07. The highest BCUT2D eigenvalue weighted by molar-refractivity contribution is 5.29. The Labute approximate surface area is 140 Å². The maximum Gasteiger partial charge on any atom is 0.101 e. The van der Waals surface area contributed by atoms with Crippen LogP contribution in [0.2, 0.25) is 0 Å². The monoisotopic (exact) mass is 310 g/mol. The molecule has 0 nitrogen and oxygen atoms in total. The van der Waals surface area contributed by atoms with Crippen LogP contribution in [0.3, 0.4) is 0 Å². The molecule has 0 N–H and O–H groups in total. The van der Waals surface area contributed by atoms with E-state index in [2.05, 4.69) is 25.3 Å². The van der Waals surface area contributed by atoms with Crippen molar-refractivity contribution < 1.29 is 4.39 Å². The second-order valence-electron chi connectivity index (χ2n) is 5.70. The molecule has 0 aliphatic heterocycles. The first-order valence-electron chi connectivity index (χ1n) is 8.07. The molecule has 1 aromatic rings. The minimum atomic E-state index is -0.110. The molecule has 0 unspecified atom stereocenters. The molecule has 0 atom stereocenters. The third-order valence-corrected chi connectivity index (χ3v) is 3.62. The Kier molecular flexibility index (Phi) is 8.67. The fourth-order valence-electron chi connectivity index (χ4n) is 2.10. The molecule has 0 radical (unpaired) electrons. The minimum Gasteiger partial charge on any atom is -0.212 e. The summed E-state index contributed by atoms with van der Waals surface area (Å²) in [7, 11) is 0. The second-order valence-corrected chi connectivity index (χ2v) is 5.70. The van der Waals surface area contributed by atoms with Gasteiger partial charge in [0.25, 0.3) is 0 Å². The fraction of sp³-hybridized carbons (Fsp3) is 0.273. The summed E-state index contributed by atoms with van der Waals surface area (Å²) in [6, 6.07) is 7.95. The van der Waals surface area contributed by atoms with E-state index in [9.17, 15) is 4.39 Å². The summed E-state index contributed by atoms with van der Waals surface area (Å²) in [5, 5.41) is 0. The summed E-state index contributed by atoms with van der Waals surface area (Å²) < 4.78 is 14.0. The standard InChI is InChI=1S/C22H27F/c1-5-7-8-20(6-2)13-9-19(4)12-16-22(23)17-21-14-10-18(3)11-15-21/h5-6,9-11,13-16H,1,4,7-8,12,17H2,2-3H3/b13-9-,20-6-,22-16+. The number of halogens is 1. The highest BCUT2D eigenvalue weighted by Crippen LogP contribution is 2.14. The maximum atomic E-state index is 14.0. The van der Waals surface area contributed by atoms with Crippen LogP contribution in [0.1, 0.15) is 37.3 Å². The number of benzene rings is 1. The molecule has 0 spiro atoms. The van der Waals surface area contributed by atoms with E-state index in [1.807, 2.05) is 50.3 Å². The first-order chi connectivity index (χ1) is 11.0. The molecule has 0 aromatic heterocycles. The lowest BCUT2D eigenvalue weighted by atomic mass is 10.1. The van der Waals surface area contributed by atoms with Crippen LogP contribution in [0.5, 0.6) is 0 Å². The molecule has 0 saturated carbocycles. The van der Waals surface area contributed by atoms with Gasteiger partial charge < -0.3 is 0 Å². The Hall–Kier alpha value is -2.15. The average Bonchev–Trinajstić information content (AvgIpc) is 2.55. The molecule has 1 heteroatoms. The average molecular weight is 310 g/mol. The van der Waals surface area contributed by atoms with Crippen molar-refractivity contribution in [3.05, 3.63) is 95.9 Å². The molecule has 0 bridgehead atoms. The molecule has 1 rings (SSSR count). The van der Waals surface area contributed by atoms with Crippen LogP contribution in [0.15, 0.2) is 84.8 Å². The van der Waals surface area contributed by atoms with Crippen molar-refractivity contribution in [3.63, 3.8) is 0 Å². The Balaban J connectivity index is 2.49. The molecule has 0 heterocycles. The van der Waals surface area contributed by atoms with E-state index in [0.717, 1.165) is 24.0 Å². The molecule has 0 aliphatic carbocycles. The van der Waals surface area contributed by atoms with Crippen molar-refractivity contribution in [1.82, 2.24) is 0 Å². The van der Waals surface area contributed by atoms with E-state index in [-0.39, 0.29) is 5.83 Å². The Bertz CT molecular complexity index is 597. The van der Waals surface area contributed by atoms with E-state index < -0.39 is 0 Å². The van der Waals surface area contributed by atoms with Gasteiger partial charge in [0, 0.05) is 6.42 Å². The van der Waals surface area contributed by atoms with E-state index >= 15 is 0 Å². The molecule has 0 amide bonds. The van der Waals surface area contributed by atoms with Gasteiger partial charge in [0.1, 0.15) is 5.83 Å². The van der Waals surface area contributed by atoms with Gasteiger partial charge in [0.15, 0.2) is 0 Å². The zero-order valence-electron chi connectivity index (χ0n) is 14.3. The summed E-state index contributed by atoms with van der Waals surface area (Å²) in [4.78, 5) is 0. The SMILES string of the molecule is C=CCCC(/C=C\C(=C)C/C=C(/F)Cc1ccc(C)cc1)=C/C. The molecular weight excluding hydrogens is 283 g/mol. The van der Waals surface area contributed by atoms with Crippen LogP contribution in [-0.2, 0) is 6.42 Å². The van der Waals surface area contributed by atoms with Crippen LogP contribution >= 0.6 is 0 Å². The quantitative estimate of drug-likeness (QED) is 0.347. The molecule has 0 saturated heterocycles. The van der Waals surface area contributed by atoms with E-state index in [1.165, 1.54) is 11.1 Å². The van der Waals surface area contributed by atoms with Crippen molar-refractivity contribution >= 4 is 0 Å². The molecule has 0 fully saturated rings. The number of rotatable bonds is 9. The van der Waals surface area contributed by atoms with E-state index in [4.69, 9.17) is 0 Å².